The molecule has 3 heterocycles. The molecule has 150 valence electrons. The Kier molecular flexibility index (Phi) is 4.11. The molecule has 1 aliphatic heterocycles. The summed E-state index contributed by atoms with van der Waals surface area (Å²) in [6.07, 6.45) is 3.95. The van der Waals surface area contributed by atoms with Crippen LogP contribution in [0, 0.1) is 11.6 Å². The van der Waals surface area contributed by atoms with Gasteiger partial charge in [0.05, 0.1) is 24.0 Å². The van der Waals surface area contributed by atoms with Crippen LogP contribution < -0.4 is 16.2 Å². The van der Waals surface area contributed by atoms with Gasteiger partial charge in [-0.1, -0.05) is 0 Å². The molecule has 0 unspecified atom stereocenters. The van der Waals surface area contributed by atoms with Crippen molar-refractivity contribution in [3.8, 4) is 5.88 Å². The van der Waals surface area contributed by atoms with Crippen molar-refractivity contribution in [1.82, 2.24) is 19.3 Å². The molecule has 2 N–H and O–H groups in total. The van der Waals surface area contributed by atoms with Crippen molar-refractivity contribution in [2.24, 2.45) is 0 Å². The highest BCUT2D eigenvalue weighted by atomic mass is 19.1. The molecule has 7 nitrogen and oxygen atoms in total. The first-order chi connectivity index (χ1) is 14.0. The van der Waals surface area contributed by atoms with E-state index in [9.17, 15) is 13.6 Å². The van der Waals surface area contributed by atoms with Crippen LogP contribution in [0.3, 0.4) is 0 Å². The Hall–Kier alpha value is -3.23. The third-order valence-electron chi connectivity index (χ3n) is 5.59. The second kappa shape index (κ2) is 6.68. The van der Waals surface area contributed by atoms with Crippen LogP contribution in [0.25, 0.3) is 0 Å². The van der Waals surface area contributed by atoms with Gasteiger partial charge in [-0.2, -0.15) is 5.10 Å². The van der Waals surface area contributed by atoms with Gasteiger partial charge in [0, 0.05) is 31.4 Å². The first-order valence-corrected chi connectivity index (χ1v) is 9.52. The van der Waals surface area contributed by atoms with Crippen molar-refractivity contribution in [3.05, 3.63) is 70.0 Å². The van der Waals surface area contributed by atoms with Gasteiger partial charge in [-0.05, 0) is 30.2 Å². The number of benzene rings is 1. The van der Waals surface area contributed by atoms with Gasteiger partial charge in [0.1, 0.15) is 23.6 Å². The SMILES string of the molecule is Nc1ccc(OC2CC(n3nc4n(c3=O)[C@H](c3cc(F)cc(F)c3)CC4)C2)nc1. The van der Waals surface area contributed by atoms with Crippen molar-refractivity contribution in [3.63, 3.8) is 0 Å². The van der Waals surface area contributed by atoms with E-state index in [2.05, 4.69) is 10.1 Å². The molecule has 29 heavy (non-hydrogen) atoms. The molecule has 0 saturated heterocycles. The fraction of sp³-hybridized carbons (Fsp3) is 0.350. The molecule has 0 bridgehead atoms. The summed E-state index contributed by atoms with van der Waals surface area (Å²) in [7, 11) is 0. The predicted molar refractivity (Wildman–Crippen MR) is 101 cm³/mol. The van der Waals surface area contributed by atoms with Gasteiger partial charge in [-0.15, -0.1) is 0 Å². The lowest BCUT2D eigenvalue weighted by atomic mass is 9.89. The number of hydrogen-bond acceptors (Lipinski definition) is 5. The molecule has 9 heteroatoms. The fourth-order valence-corrected chi connectivity index (χ4v) is 4.10. The van der Waals surface area contributed by atoms with Crippen LogP contribution in [0.1, 0.15) is 42.7 Å². The van der Waals surface area contributed by atoms with E-state index in [1.165, 1.54) is 23.0 Å². The number of fused-ring (bicyclic) bond motifs is 1. The largest absolute Gasteiger partial charge is 0.474 e. The summed E-state index contributed by atoms with van der Waals surface area (Å²) in [5, 5.41) is 4.48. The van der Waals surface area contributed by atoms with Gasteiger partial charge in [0.15, 0.2) is 0 Å². The fourth-order valence-electron chi connectivity index (χ4n) is 4.10. The number of nitrogens with zero attached hydrogens (tertiary/aromatic N) is 4. The number of hydrogen-bond donors (Lipinski definition) is 1. The Morgan fingerprint density at radius 2 is 1.90 bits per heavy atom. The number of ether oxygens (including phenoxy) is 1. The maximum Gasteiger partial charge on any atom is 0.346 e. The summed E-state index contributed by atoms with van der Waals surface area (Å²) in [6, 6.07) is 6.35. The Balaban J connectivity index is 1.33. The van der Waals surface area contributed by atoms with Crippen LogP contribution >= 0.6 is 0 Å². The summed E-state index contributed by atoms with van der Waals surface area (Å²) in [5.41, 5.74) is 6.38. The number of rotatable bonds is 4. The van der Waals surface area contributed by atoms with Gasteiger partial charge in [-0.25, -0.2) is 23.2 Å². The zero-order valence-corrected chi connectivity index (χ0v) is 15.5. The summed E-state index contributed by atoms with van der Waals surface area (Å²) in [5.74, 6) is -0.155. The highest BCUT2D eigenvalue weighted by Crippen LogP contribution is 2.36. The number of aryl methyl sites for hydroxylation is 1. The number of nitrogen functional groups attached to an aromatic ring is 1. The summed E-state index contributed by atoms with van der Waals surface area (Å²) in [6.45, 7) is 0. The average molecular weight is 399 g/mol. The average Bonchev–Trinajstić information content (AvgIpc) is 3.19. The van der Waals surface area contributed by atoms with E-state index in [-0.39, 0.29) is 17.8 Å². The first-order valence-electron chi connectivity index (χ1n) is 9.52. The molecule has 1 saturated carbocycles. The van der Waals surface area contributed by atoms with Crippen LogP contribution in [-0.4, -0.2) is 25.4 Å². The zero-order valence-electron chi connectivity index (χ0n) is 15.5. The third-order valence-corrected chi connectivity index (χ3v) is 5.59. The predicted octanol–water partition coefficient (Wildman–Crippen LogP) is 2.62. The standard InChI is InChI=1S/C20H19F2N5O2/c21-12-5-11(6-13(22)7-12)17-2-3-18-25-27(20(28)26(17)18)15-8-16(9-15)29-19-4-1-14(23)10-24-19/h1,4-7,10,15-17H,2-3,8-9,23H2/t15?,16?,17-/m0/s1. The second-order valence-corrected chi connectivity index (χ2v) is 7.57. The molecular formula is C20H19F2N5O2. The van der Waals surface area contributed by atoms with E-state index < -0.39 is 17.7 Å². The van der Waals surface area contributed by atoms with Crippen LogP contribution in [-0.2, 0) is 6.42 Å². The molecule has 0 radical (unpaired) electrons. The van der Waals surface area contributed by atoms with Crippen molar-refractivity contribution >= 4 is 5.69 Å². The van der Waals surface area contributed by atoms with Gasteiger partial charge >= 0.3 is 5.69 Å². The van der Waals surface area contributed by atoms with Crippen molar-refractivity contribution < 1.29 is 13.5 Å². The molecular weight excluding hydrogens is 380 g/mol. The lowest BCUT2D eigenvalue weighted by Crippen LogP contribution is -2.41. The Morgan fingerprint density at radius 1 is 1.14 bits per heavy atom. The quantitative estimate of drug-likeness (QED) is 0.729. The summed E-state index contributed by atoms with van der Waals surface area (Å²) >= 11 is 0. The minimum absolute atomic E-state index is 0.0484. The maximum absolute atomic E-state index is 13.6. The van der Waals surface area contributed by atoms with E-state index in [4.69, 9.17) is 10.5 Å². The number of halogens is 2. The van der Waals surface area contributed by atoms with Crippen LogP contribution in [0.15, 0.2) is 41.3 Å². The molecule has 1 aliphatic carbocycles. The van der Waals surface area contributed by atoms with E-state index in [0.717, 1.165) is 6.07 Å². The van der Waals surface area contributed by atoms with Crippen LogP contribution in [0.2, 0.25) is 0 Å². The molecule has 1 aromatic carbocycles. The molecule has 3 aromatic rings. The monoisotopic (exact) mass is 399 g/mol. The lowest BCUT2D eigenvalue weighted by molar-refractivity contribution is 0.0585. The van der Waals surface area contributed by atoms with E-state index >= 15 is 0 Å². The Labute approximate surface area is 164 Å². The van der Waals surface area contributed by atoms with Gasteiger partial charge in [-0.3, -0.25) is 4.57 Å². The Morgan fingerprint density at radius 3 is 2.59 bits per heavy atom. The smallest absolute Gasteiger partial charge is 0.346 e. The van der Waals surface area contributed by atoms with Gasteiger partial charge < -0.3 is 10.5 Å². The van der Waals surface area contributed by atoms with Gasteiger partial charge in [0.2, 0.25) is 5.88 Å². The first kappa shape index (κ1) is 17.8. The normalized spacial score (nSPS) is 22.9. The minimum atomic E-state index is -0.649. The highest BCUT2D eigenvalue weighted by molar-refractivity contribution is 5.36. The number of nitrogens with two attached hydrogens (primary N) is 1. The molecule has 1 fully saturated rings. The number of aromatic nitrogens is 4. The van der Waals surface area contributed by atoms with E-state index in [0.29, 0.717) is 48.6 Å². The molecule has 5 rings (SSSR count). The Bertz CT molecular complexity index is 1100. The topological polar surface area (TPSA) is 88.0 Å². The zero-order chi connectivity index (χ0) is 20.1. The third kappa shape index (κ3) is 3.16. The number of anilines is 1. The molecule has 0 spiro atoms. The van der Waals surface area contributed by atoms with Crippen LogP contribution in [0.4, 0.5) is 14.5 Å². The molecule has 2 aliphatic rings. The minimum Gasteiger partial charge on any atom is -0.474 e. The van der Waals surface area contributed by atoms with E-state index in [1.807, 2.05) is 0 Å². The van der Waals surface area contributed by atoms with Crippen molar-refractivity contribution in [2.75, 3.05) is 5.73 Å². The lowest BCUT2D eigenvalue weighted by Gasteiger charge is -2.34. The second-order valence-electron chi connectivity index (χ2n) is 7.57. The number of pyridine rings is 1. The van der Waals surface area contributed by atoms with Crippen LogP contribution in [0.5, 0.6) is 5.88 Å². The van der Waals surface area contributed by atoms with E-state index in [1.54, 1.807) is 16.7 Å². The maximum atomic E-state index is 13.6. The summed E-state index contributed by atoms with van der Waals surface area (Å²) < 4.78 is 36.1. The molecule has 2 aromatic heterocycles. The molecule has 0 amide bonds. The van der Waals surface area contributed by atoms with Gasteiger partial charge in [0.25, 0.3) is 0 Å². The summed E-state index contributed by atoms with van der Waals surface area (Å²) in [4.78, 5) is 17.1. The molecule has 1 atom stereocenters. The van der Waals surface area contributed by atoms with Crippen molar-refractivity contribution in [2.45, 2.75) is 43.9 Å². The van der Waals surface area contributed by atoms with Crippen molar-refractivity contribution in [1.29, 1.82) is 0 Å². The highest BCUT2D eigenvalue weighted by Gasteiger charge is 2.38.